The van der Waals surface area contributed by atoms with E-state index >= 15 is 0 Å². The number of aromatic amines is 1. The van der Waals surface area contributed by atoms with E-state index in [2.05, 4.69) is 72.7 Å². The van der Waals surface area contributed by atoms with Crippen molar-refractivity contribution in [3.63, 3.8) is 0 Å². The van der Waals surface area contributed by atoms with Gasteiger partial charge in [0, 0.05) is 28.2 Å². The summed E-state index contributed by atoms with van der Waals surface area (Å²) in [5, 5.41) is 4.40. The number of fused-ring (bicyclic) bond motifs is 1. The molecule has 8 heteroatoms. The summed E-state index contributed by atoms with van der Waals surface area (Å²) in [6.45, 7) is 6.26. The molecule has 0 radical (unpaired) electrons. The Morgan fingerprint density at radius 2 is 1.67 bits per heavy atom. The SMILES string of the molecule is CCOC(=O)c1c(NC(=O)CCSc2nc(-c3ccc(C)cc3)c(-c3ccc(C)cc3)[nH]2)sc2c1CCCC2. The summed E-state index contributed by atoms with van der Waals surface area (Å²) in [6.07, 6.45) is 4.27. The van der Waals surface area contributed by atoms with E-state index in [4.69, 9.17) is 9.72 Å². The number of hydrogen-bond donors (Lipinski definition) is 2. The summed E-state index contributed by atoms with van der Waals surface area (Å²) in [7, 11) is 0. The van der Waals surface area contributed by atoms with Crippen molar-refractivity contribution in [2.75, 3.05) is 17.7 Å². The van der Waals surface area contributed by atoms with E-state index < -0.39 is 0 Å². The molecular weight excluding hydrogens is 526 g/mol. The van der Waals surface area contributed by atoms with Crippen LogP contribution in [0.4, 0.5) is 5.00 Å². The zero-order chi connectivity index (χ0) is 27.4. The topological polar surface area (TPSA) is 84.1 Å². The number of imidazole rings is 1. The molecule has 1 aliphatic carbocycles. The van der Waals surface area contributed by atoms with Crippen LogP contribution in [0.25, 0.3) is 22.5 Å². The van der Waals surface area contributed by atoms with Gasteiger partial charge in [0.1, 0.15) is 5.00 Å². The number of nitrogens with zero attached hydrogens (tertiary/aromatic N) is 1. The Morgan fingerprint density at radius 1 is 1.00 bits per heavy atom. The number of ether oxygens (including phenoxy) is 1. The Kier molecular flexibility index (Phi) is 8.53. The van der Waals surface area contributed by atoms with Gasteiger partial charge in [0.2, 0.25) is 5.91 Å². The highest BCUT2D eigenvalue weighted by molar-refractivity contribution is 7.99. The highest BCUT2D eigenvalue weighted by Crippen LogP contribution is 2.39. The van der Waals surface area contributed by atoms with Gasteiger partial charge in [-0.2, -0.15) is 0 Å². The fourth-order valence-corrected chi connectivity index (χ4v) is 6.88. The van der Waals surface area contributed by atoms with Crippen LogP contribution in [0.2, 0.25) is 0 Å². The molecule has 0 unspecified atom stereocenters. The molecule has 5 rings (SSSR count). The maximum absolute atomic E-state index is 12.9. The van der Waals surface area contributed by atoms with Crippen LogP contribution in [0, 0.1) is 13.8 Å². The minimum absolute atomic E-state index is 0.115. The minimum atomic E-state index is -0.343. The summed E-state index contributed by atoms with van der Waals surface area (Å²) >= 11 is 3.04. The summed E-state index contributed by atoms with van der Waals surface area (Å²) in [4.78, 5) is 35.2. The van der Waals surface area contributed by atoms with Crippen LogP contribution in [0.15, 0.2) is 53.7 Å². The third-order valence-corrected chi connectivity index (χ3v) is 8.90. The monoisotopic (exact) mass is 559 g/mol. The van der Waals surface area contributed by atoms with Crippen molar-refractivity contribution in [1.82, 2.24) is 9.97 Å². The molecular formula is C31H33N3O3S2. The number of hydrogen-bond acceptors (Lipinski definition) is 6. The Hall–Kier alpha value is -3.36. The minimum Gasteiger partial charge on any atom is -0.462 e. The molecule has 2 N–H and O–H groups in total. The number of rotatable bonds is 9. The Bertz CT molecular complexity index is 1410. The molecule has 0 atom stereocenters. The van der Waals surface area contributed by atoms with E-state index in [9.17, 15) is 9.59 Å². The average Bonchev–Trinajstić information content (AvgIpc) is 3.51. The number of nitrogens with one attached hydrogen (secondary N) is 2. The first kappa shape index (κ1) is 27.2. The lowest BCUT2D eigenvalue weighted by molar-refractivity contribution is -0.115. The average molecular weight is 560 g/mol. The van der Waals surface area contributed by atoms with Gasteiger partial charge in [-0.3, -0.25) is 4.79 Å². The van der Waals surface area contributed by atoms with Crippen LogP contribution in [-0.2, 0) is 22.4 Å². The largest absolute Gasteiger partial charge is 0.462 e. The van der Waals surface area contributed by atoms with Crippen LogP contribution in [0.5, 0.6) is 0 Å². The molecule has 0 spiro atoms. The fraction of sp³-hybridized carbons (Fsp3) is 0.323. The Balaban J connectivity index is 1.29. The van der Waals surface area contributed by atoms with Crippen molar-refractivity contribution in [2.45, 2.75) is 58.0 Å². The van der Waals surface area contributed by atoms with Crippen molar-refractivity contribution >= 4 is 40.0 Å². The maximum atomic E-state index is 12.9. The number of carbonyl (C=O) groups excluding carboxylic acids is 2. The molecule has 0 aliphatic heterocycles. The number of anilines is 1. The number of aromatic nitrogens is 2. The van der Waals surface area contributed by atoms with Crippen molar-refractivity contribution in [1.29, 1.82) is 0 Å². The maximum Gasteiger partial charge on any atom is 0.341 e. The normalized spacial score (nSPS) is 12.7. The van der Waals surface area contributed by atoms with Gasteiger partial charge in [-0.05, 0) is 52.0 Å². The van der Waals surface area contributed by atoms with Gasteiger partial charge in [0.15, 0.2) is 5.16 Å². The molecule has 4 aromatic rings. The zero-order valence-corrected chi connectivity index (χ0v) is 24.2. The number of H-pyrrole nitrogens is 1. The van der Waals surface area contributed by atoms with Gasteiger partial charge in [-0.25, -0.2) is 9.78 Å². The molecule has 0 fully saturated rings. The number of esters is 1. The molecule has 202 valence electrons. The predicted molar refractivity (Wildman–Crippen MR) is 160 cm³/mol. The highest BCUT2D eigenvalue weighted by Gasteiger charge is 2.27. The molecule has 1 amide bonds. The molecule has 0 bridgehead atoms. The van der Waals surface area contributed by atoms with E-state index in [1.165, 1.54) is 39.1 Å². The van der Waals surface area contributed by atoms with Gasteiger partial charge in [0.25, 0.3) is 0 Å². The van der Waals surface area contributed by atoms with Crippen molar-refractivity contribution in [2.24, 2.45) is 0 Å². The quantitative estimate of drug-likeness (QED) is 0.163. The number of thioether (sulfide) groups is 1. The van der Waals surface area contributed by atoms with Crippen molar-refractivity contribution in [3.8, 4) is 22.5 Å². The summed E-state index contributed by atoms with van der Waals surface area (Å²) in [5.41, 5.74) is 7.99. The number of carbonyl (C=O) groups is 2. The Labute approximate surface area is 237 Å². The first-order valence-corrected chi connectivity index (χ1v) is 15.2. The number of benzene rings is 2. The van der Waals surface area contributed by atoms with Gasteiger partial charge in [-0.15, -0.1) is 11.3 Å². The summed E-state index contributed by atoms with van der Waals surface area (Å²) < 4.78 is 5.31. The lowest BCUT2D eigenvalue weighted by Gasteiger charge is -2.12. The van der Waals surface area contributed by atoms with E-state index in [0.717, 1.165) is 58.9 Å². The van der Waals surface area contributed by atoms with E-state index in [0.29, 0.717) is 29.3 Å². The van der Waals surface area contributed by atoms with E-state index in [-0.39, 0.29) is 11.9 Å². The first-order valence-electron chi connectivity index (χ1n) is 13.4. The molecule has 6 nitrogen and oxygen atoms in total. The molecule has 0 saturated carbocycles. The second-order valence-electron chi connectivity index (χ2n) is 9.78. The lowest BCUT2D eigenvalue weighted by atomic mass is 9.95. The predicted octanol–water partition coefficient (Wildman–Crippen LogP) is 7.60. The fourth-order valence-electron chi connectivity index (χ4n) is 4.77. The third-order valence-electron chi connectivity index (χ3n) is 6.82. The summed E-state index contributed by atoms with van der Waals surface area (Å²) in [5.74, 6) is 0.0972. The third kappa shape index (κ3) is 6.28. The van der Waals surface area contributed by atoms with Crippen LogP contribution in [0.1, 0.15) is 58.1 Å². The molecule has 1 aliphatic rings. The molecule has 2 heterocycles. The number of thiophene rings is 1. The molecule has 39 heavy (non-hydrogen) atoms. The van der Waals surface area contributed by atoms with Gasteiger partial charge in [-0.1, -0.05) is 71.4 Å². The number of aryl methyl sites for hydroxylation is 3. The second-order valence-corrected chi connectivity index (χ2v) is 12.0. The van der Waals surface area contributed by atoms with Gasteiger partial charge in [0.05, 0.1) is 23.6 Å². The first-order chi connectivity index (χ1) is 18.9. The van der Waals surface area contributed by atoms with E-state index in [1.807, 2.05) is 0 Å². The zero-order valence-electron chi connectivity index (χ0n) is 22.6. The highest BCUT2D eigenvalue weighted by atomic mass is 32.2. The van der Waals surface area contributed by atoms with Crippen molar-refractivity contribution in [3.05, 3.63) is 75.7 Å². The smallest absolute Gasteiger partial charge is 0.341 e. The van der Waals surface area contributed by atoms with E-state index in [1.54, 1.807) is 6.92 Å². The molecule has 2 aromatic carbocycles. The lowest BCUT2D eigenvalue weighted by Crippen LogP contribution is -2.16. The number of amides is 1. The standard InChI is InChI=1S/C31H33N3O3S2/c1-4-37-30(36)26-23-7-5-6-8-24(23)39-29(26)32-25(35)17-18-38-31-33-27(21-13-9-19(2)10-14-21)28(34-31)22-15-11-20(3)12-16-22/h9-16H,4-8,17-18H2,1-3H3,(H,32,35)(H,33,34). The van der Waals surface area contributed by atoms with Crippen LogP contribution in [-0.4, -0.2) is 34.2 Å². The van der Waals surface area contributed by atoms with Gasteiger partial charge >= 0.3 is 5.97 Å². The molecule has 0 saturated heterocycles. The van der Waals surface area contributed by atoms with Crippen LogP contribution in [0.3, 0.4) is 0 Å². The Morgan fingerprint density at radius 3 is 2.36 bits per heavy atom. The second kappa shape index (κ2) is 12.2. The van der Waals surface area contributed by atoms with Crippen molar-refractivity contribution < 1.29 is 14.3 Å². The van der Waals surface area contributed by atoms with Crippen LogP contribution < -0.4 is 5.32 Å². The summed E-state index contributed by atoms with van der Waals surface area (Å²) in [6, 6.07) is 16.8. The molecule has 2 aromatic heterocycles. The van der Waals surface area contributed by atoms with Crippen LogP contribution >= 0.6 is 23.1 Å². The van der Waals surface area contributed by atoms with Gasteiger partial charge < -0.3 is 15.0 Å².